The number of amides is 2. The van der Waals surface area contributed by atoms with E-state index in [-0.39, 0.29) is 57.9 Å². The van der Waals surface area contributed by atoms with E-state index < -0.39 is 62.7 Å². The van der Waals surface area contributed by atoms with E-state index in [0.29, 0.717) is 48.8 Å². The van der Waals surface area contributed by atoms with Crippen molar-refractivity contribution in [2.75, 3.05) is 64.4 Å². The van der Waals surface area contributed by atoms with Crippen molar-refractivity contribution in [1.82, 2.24) is 19.4 Å². The van der Waals surface area contributed by atoms with E-state index in [9.17, 15) is 31.2 Å². The number of morpholine rings is 1. The molecular weight excluding hydrogens is 790 g/mol. The molecule has 5 aliphatic rings. The Hall–Kier alpha value is -3.44. The molecule has 0 radical (unpaired) electrons. The molecule has 5 atom stereocenters. The molecule has 17 heteroatoms. The molecule has 11 nitrogen and oxygen atoms in total. The molecule has 5 aliphatic heterocycles. The third-order valence-electron chi connectivity index (χ3n) is 12.5. The number of allylic oxidation sites excluding steroid dienone is 1. The second-order valence-electron chi connectivity index (χ2n) is 16.1. The first kappa shape index (κ1) is 41.7. The Bertz CT molecular complexity index is 2020. The fourth-order valence-electron chi connectivity index (χ4n) is 9.02. The van der Waals surface area contributed by atoms with Gasteiger partial charge >= 0.3 is 6.18 Å². The number of sulfonamides is 1. The summed E-state index contributed by atoms with van der Waals surface area (Å²) in [5, 5.41) is -0.608. The van der Waals surface area contributed by atoms with Crippen LogP contribution in [0.15, 0.2) is 42.2 Å². The predicted molar refractivity (Wildman–Crippen MR) is 207 cm³/mol. The van der Waals surface area contributed by atoms with Gasteiger partial charge in [0.2, 0.25) is 15.9 Å². The van der Waals surface area contributed by atoms with Gasteiger partial charge in [0.25, 0.3) is 5.91 Å². The van der Waals surface area contributed by atoms with Gasteiger partial charge in [-0.2, -0.15) is 13.2 Å². The summed E-state index contributed by atoms with van der Waals surface area (Å²) in [5.74, 6) is -2.30. The largest absolute Gasteiger partial charge is 0.487 e. The zero-order valence-electron chi connectivity index (χ0n) is 32.4. The Labute approximate surface area is 336 Å². The van der Waals surface area contributed by atoms with Crippen molar-refractivity contribution in [3.63, 3.8) is 0 Å². The van der Waals surface area contributed by atoms with Gasteiger partial charge in [0.15, 0.2) is 6.10 Å². The van der Waals surface area contributed by atoms with Gasteiger partial charge in [0, 0.05) is 63.4 Å². The standard InChI is InChI=1S/C40H50ClF4N5O6S/c1-25-8-10-32(42)36(38(52)47(3)15-16-48-17-18-55-35(22-48)40(43,44)45)50-14-6-12-39(50)24-49-13-5-4-7-27-19-29(41)21-31(39)30(27)23-56-34-11-9-28(20-33(34)49)37(51)46-57(53,54)26(25)2/h9-11,19-21,25-26,35-36H,4-8,12-18,22-24H2,1-3H3,(H,46,51)/b32-10-/t25-,26+,35?,36+,39-/m0/s1. The molecule has 0 saturated carbocycles. The lowest BCUT2D eigenvalue weighted by molar-refractivity contribution is -0.237. The van der Waals surface area contributed by atoms with Crippen molar-refractivity contribution >= 4 is 39.1 Å². The minimum Gasteiger partial charge on any atom is -0.487 e. The molecular formula is C40H50ClF4N5O6S. The summed E-state index contributed by atoms with van der Waals surface area (Å²) >= 11 is 6.90. The number of halogens is 5. The molecule has 1 spiro atoms. The number of rotatable bonds is 4. The molecule has 57 heavy (non-hydrogen) atoms. The number of fused-ring (bicyclic) bond motifs is 1. The fourth-order valence-corrected chi connectivity index (χ4v) is 10.5. The highest BCUT2D eigenvalue weighted by atomic mass is 35.5. The van der Waals surface area contributed by atoms with Crippen LogP contribution in [0.3, 0.4) is 0 Å². The Balaban J connectivity index is 1.37. The molecule has 1 N–H and O–H groups in total. The molecule has 5 heterocycles. The highest BCUT2D eigenvalue weighted by molar-refractivity contribution is 7.90. The quantitative estimate of drug-likeness (QED) is 0.383. The first-order valence-electron chi connectivity index (χ1n) is 19.7. The molecule has 0 aromatic heterocycles. The second-order valence-corrected chi connectivity index (χ2v) is 18.6. The van der Waals surface area contributed by atoms with Gasteiger partial charge in [0.05, 0.1) is 23.1 Å². The van der Waals surface area contributed by atoms with E-state index in [4.69, 9.17) is 21.1 Å². The number of hydrogen-bond donors (Lipinski definition) is 1. The number of benzene rings is 2. The summed E-state index contributed by atoms with van der Waals surface area (Å²) in [6.07, 6.45) is -1.86. The number of aryl methyl sites for hydroxylation is 1. The summed E-state index contributed by atoms with van der Waals surface area (Å²) in [5.41, 5.74) is 2.42. The fraction of sp³-hybridized carbons (Fsp3) is 0.600. The number of carbonyl (C=O) groups excluding carboxylic acids is 2. The first-order chi connectivity index (χ1) is 27.0. The molecule has 312 valence electrons. The molecule has 2 aromatic rings. The number of alkyl halides is 3. The average Bonchev–Trinajstić information content (AvgIpc) is 3.58. The lowest BCUT2D eigenvalue weighted by atomic mass is 9.79. The van der Waals surface area contributed by atoms with Crippen LogP contribution in [0.1, 0.15) is 73.0 Å². The maximum Gasteiger partial charge on any atom is 0.415 e. The molecule has 1 unspecified atom stereocenters. The summed E-state index contributed by atoms with van der Waals surface area (Å²) in [6.45, 7) is 4.25. The molecule has 7 rings (SSSR count). The minimum atomic E-state index is -4.53. The van der Waals surface area contributed by atoms with Crippen LogP contribution in [0.5, 0.6) is 5.75 Å². The van der Waals surface area contributed by atoms with E-state index in [1.54, 1.807) is 30.0 Å². The van der Waals surface area contributed by atoms with Crippen molar-refractivity contribution in [1.29, 1.82) is 0 Å². The van der Waals surface area contributed by atoms with Crippen LogP contribution in [0.25, 0.3) is 0 Å². The Morgan fingerprint density at radius 1 is 1.11 bits per heavy atom. The Morgan fingerprint density at radius 3 is 2.67 bits per heavy atom. The Morgan fingerprint density at radius 2 is 1.89 bits per heavy atom. The highest BCUT2D eigenvalue weighted by Crippen LogP contribution is 2.49. The average molecular weight is 840 g/mol. The summed E-state index contributed by atoms with van der Waals surface area (Å²) in [4.78, 5) is 35.5. The SMILES string of the molecule is C[C@@H]1[C@@H](C)C/C=C(\F)[C@H](C(=O)N(C)CCN2CCOC(C(F)(F)F)C2)N2CCC[C@@]23CN2CCCCc4cc(Cl)cc3c4COc3ccc(cc32)C(=O)NS1(=O)=O. The van der Waals surface area contributed by atoms with Gasteiger partial charge in [-0.25, -0.2) is 17.5 Å². The molecule has 0 aliphatic carbocycles. The topological polar surface area (TPSA) is 112 Å². The normalized spacial score (nSPS) is 29.4. The molecule has 2 aromatic carbocycles. The second kappa shape index (κ2) is 16.3. The number of hydrogen-bond acceptors (Lipinski definition) is 9. The third-order valence-corrected chi connectivity index (χ3v) is 14.7. The first-order valence-corrected chi connectivity index (χ1v) is 21.6. The maximum absolute atomic E-state index is 17.3. The van der Waals surface area contributed by atoms with Crippen LogP contribution in [-0.4, -0.2) is 118 Å². The molecule has 2 saturated heterocycles. The van der Waals surface area contributed by atoms with Crippen molar-refractivity contribution < 1.29 is 45.0 Å². The lowest BCUT2D eigenvalue weighted by Gasteiger charge is -2.47. The monoisotopic (exact) mass is 839 g/mol. The smallest absolute Gasteiger partial charge is 0.415 e. The molecule has 7 bridgehead atoms. The number of nitrogens with one attached hydrogen (secondary N) is 1. The van der Waals surface area contributed by atoms with Crippen LogP contribution in [0.4, 0.5) is 23.2 Å². The van der Waals surface area contributed by atoms with E-state index in [2.05, 4.69) is 9.62 Å². The minimum absolute atomic E-state index is 0.0299. The van der Waals surface area contributed by atoms with Gasteiger partial charge in [0.1, 0.15) is 24.2 Å². The van der Waals surface area contributed by atoms with E-state index in [1.165, 1.54) is 24.9 Å². The highest BCUT2D eigenvalue weighted by Gasteiger charge is 2.52. The van der Waals surface area contributed by atoms with Gasteiger partial charge in [-0.15, -0.1) is 0 Å². The predicted octanol–water partition coefficient (Wildman–Crippen LogP) is 5.80. The van der Waals surface area contributed by atoms with Crippen molar-refractivity contribution in [2.45, 2.75) is 88.1 Å². The Kier molecular flexibility index (Phi) is 11.9. The number of anilines is 1. The number of carbonyl (C=O) groups is 2. The van der Waals surface area contributed by atoms with Crippen LogP contribution >= 0.6 is 11.6 Å². The van der Waals surface area contributed by atoms with Crippen molar-refractivity contribution in [3.05, 3.63) is 69.5 Å². The number of ether oxygens (including phenoxy) is 2. The zero-order chi connectivity index (χ0) is 40.9. The summed E-state index contributed by atoms with van der Waals surface area (Å²) < 4.78 is 98.7. The molecule has 2 amide bonds. The van der Waals surface area contributed by atoms with Crippen LogP contribution < -0.4 is 14.4 Å². The van der Waals surface area contributed by atoms with Gasteiger partial charge in [-0.05, 0) is 98.4 Å². The maximum atomic E-state index is 17.3. The third kappa shape index (κ3) is 8.39. The zero-order valence-corrected chi connectivity index (χ0v) is 34.0. The van der Waals surface area contributed by atoms with Gasteiger partial charge in [-0.1, -0.05) is 24.6 Å². The van der Waals surface area contributed by atoms with E-state index in [0.717, 1.165) is 29.5 Å². The van der Waals surface area contributed by atoms with Crippen molar-refractivity contribution in [3.8, 4) is 5.75 Å². The van der Waals surface area contributed by atoms with Crippen LogP contribution in [0, 0.1) is 5.92 Å². The summed E-state index contributed by atoms with van der Waals surface area (Å²) in [7, 11) is -2.69. The van der Waals surface area contributed by atoms with Crippen LogP contribution in [-0.2, 0) is 38.1 Å². The van der Waals surface area contributed by atoms with Gasteiger partial charge < -0.3 is 19.3 Å². The number of likely N-dealkylation sites (N-methyl/N-ethyl adjacent to an activating group) is 1. The lowest BCUT2D eigenvalue weighted by Crippen LogP contribution is -2.59. The summed E-state index contributed by atoms with van der Waals surface area (Å²) in [6, 6.07) is 7.23. The number of nitrogens with zero attached hydrogens (tertiary/aromatic N) is 4. The molecule has 2 fully saturated rings. The van der Waals surface area contributed by atoms with Gasteiger partial charge in [-0.3, -0.25) is 19.4 Å². The van der Waals surface area contributed by atoms with Crippen molar-refractivity contribution in [2.24, 2.45) is 5.92 Å². The van der Waals surface area contributed by atoms with E-state index in [1.807, 2.05) is 17.0 Å². The van der Waals surface area contributed by atoms with Crippen LogP contribution in [0.2, 0.25) is 5.02 Å². The van der Waals surface area contributed by atoms with E-state index >= 15 is 4.39 Å².